The predicted octanol–water partition coefficient (Wildman–Crippen LogP) is 2.82. The maximum absolute atomic E-state index is 6.25. The van der Waals surface area contributed by atoms with Crippen molar-refractivity contribution in [1.29, 1.82) is 0 Å². The SMILES string of the molecule is CCC1CCN(c2ncc(CN)cc2Cl)CC1. The quantitative estimate of drug-likeness (QED) is 0.901. The normalized spacial score (nSPS) is 17.5. The second kappa shape index (κ2) is 5.69. The van der Waals surface area contributed by atoms with E-state index < -0.39 is 0 Å². The van der Waals surface area contributed by atoms with Crippen LogP contribution < -0.4 is 10.6 Å². The molecule has 0 spiro atoms. The molecule has 1 aliphatic rings. The van der Waals surface area contributed by atoms with E-state index in [4.69, 9.17) is 17.3 Å². The number of rotatable bonds is 3. The number of hydrogen-bond acceptors (Lipinski definition) is 3. The minimum Gasteiger partial charge on any atom is -0.355 e. The molecule has 2 N–H and O–H groups in total. The van der Waals surface area contributed by atoms with E-state index in [9.17, 15) is 0 Å². The van der Waals surface area contributed by atoms with E-state index in [-0.39, 0.29) is 0 Å². The van der Waals surface area contributed by atoms with E-state index in [1.165, 1.54) is 19.3 Å². The van der Waals surface area contributed by atoms with Crippen molar-refractivity contribution in [3.63, 3.8) is 0 Å². The highest BCUT2D eigenvalue weighted by atomic mass is 35.5. The number of piperidine rings is 1. The molecule has 0 aromatic carbocycles. The van der Waals surface area contributed by atoms with Crippen molar-refractivity contribution in [2.45, 2.75) is 32.7 Å². The Bertz CT molecular complexity index is 373. The van der Waals surface area contributed by atoms with Crippen molar-refractivity contribution in [3.8, 4) is 0 Å². The topological polar surface area (TPSA) is 42.2 Å². The monoisotopic (exact) mass is 253 g/mol. The average Bonchev–Trinajstić information content (AvgIpc) is 2.39. The van der Waals surface area contributed by atoms with Crippen LogP contribution >= 0.6 is 11.6 Å². The highest BCUT2D eigenvalue weighted by Crippen LogP contribution is 2.29. The molecule has 1 saturated heterocycles. The first-order valence-electron chi connectivity index (χ1n) is 6.34. The smallest absolute Gasteiger partial charge is 0.147 e. The summed E-state index contributed by atoms with van der Waals surface area (Å²) in [6.45, 7) is 4.88. The molecular weight excluding hydrogens is 234 g/mol. The van der Waals surface area contributed by atoms with Gasteiger partial charge in [0.1, 0.15) is 5.82 Å². The Morgan fingerprint density at radius 3 is 2.71 bits per heavy atom. The van der Waals surface area contributed by atoms with Crippen LogP contribution in [0.2, 0.25) is 5.02 Å². The third kappa shape index (κ3) is 2.90. The molecule has 2 heterocycles. The lowest BCUT2D eigenvalue weighted by Gasteiger charge is -2.32. The number of anilines is 1. The van der Waals surface area contributed by atoms with E-state index in [0.717, 1.165) is 35.4 Å². The maximum Gasteiger partial charge on any atom is 0.147 e. The number of nitrogens with zero attached hydrogens (tertiary/aromatic N) is 2. The van der Waals surface area contributed by atoms with Gasteiger partial charge in [-0.15, -0.1) is 0 Å². The Balaban J connectivity index is 2.08. The van der Waals surface area contributed by atoms with Crippen molar-refractivity contribution < 1.29 is 0 Å². The summed E-state index contributed by atoms with van der Waals surface area (Å²) in [6, 6.07) is 1.93. The van der Waals surface area contributed by atoms with Crippen LogP contribution in [0.4, 0.5) is 5.82 Å². The fraction of sp³-hybridized carbons (Fsp3) is 0.615. The van der Waals surface area contributed by atoms with Gasteiger partial charge >= 0.3 is 0 Å². The van der Waals surface area contributed by atoms with Crippen LogP contribution in [0, 0.1) is 5.92 Å². The zero-order chi connectivity index (χ0) is 12.3. The number of hydrogen-bond donors (Lipinski definition) is 1. The maximum atomic E-state index is 6.25. The van der Waals surface area contributed by atoms with Crippen LogP contribution in [0.5, 0.6) is 0 Å². The molecule has 2 rings (SSSR count). The Hall–Kier alpha value is -0.800. The lowest BCUT2D eigenvalue weighted by Crippen LogP contribution is -2.34. The van der Waals surface area contributed by atoms with E-state index in [0.29, 0.717) is 6.54 Å². The summed E-state index contributed by atoms with van der Waals surface area (Å²) in [5.74, 6) is 1.78. The van der Waals surface area contributed by atoms with E-state index in [2.05, 4.69) is 16.8 Å². The summed E-state index contributed by atoms with van der Waals surface area (Å²) in [7, 11) is 0. The molecule has 0 radical (unpaired) electrons. The molecule has 0 atom stereocenters. The molecule has 0 amide bonds. The molecule has 94 valence electrons. The standard InChI is InChI=1S/C13H20ClN3/c1-2-10-3-5-17(6-4-10)13-12(14)7-11(8-15)9-16-13/h7,9-10H,2-6,8,15H2,1H3. The van der Waals surface area contributed by atoms with Gasteiger partial charge in [0.25, 0.3) is 0 Å². The Morgan fingerprint density at radius 2 is 2.18 bits per heavy atom. The van der Waals surface area contributed by atoms with Gasteiger partial charge < -0.3 is 10.6 Å². The summed E-state index contributed by atoms with van der Waals surface area (Å²) >= 11 is 6.25. The molecule has 0 unspecified atom stereocenters. The van der Waals surface area contributed by atoms with Crippen LogP contribution in [0.1, 0.15) is 31.7 Å². The highest BCUT2D eigenvalue weighted by Gasteiger charge is 2.20. The van der Waals surface area contributed by atoms with E-state index >= 15 is 0 Å². The lowest BCUT2D eigenvalue weighted by atomic mass is 9.94. The van der Waals surface area contributed by atoms with E-state index in [1.807, 2.05) is 12.3 Å². The van der Waals surface area contributed by atoms with Crippen LogP contribution in [0.3, 0.4) is 0 Å². The molecule has 1 aromatic heterocycles. The first-order valence-corrected chi connectivity index (χ1v) is 6.71. The molecule has 1 aliphatic heterocycles. The van der Waals surface area contributed by atoms with Crippen molar-refractivity contribution in [2.24, 2.45) is 11.7 Å². The molecule has 17 heavy (non-hydrogen) atoms. The summed E-state index contributed by atoms with van der Waals surface area (Å²) in [5.41, 5.74) is 6.56. The van der Waals surface area contributed by atoms with Crippen molar-refractivity contribution in [1.82, 2.24) is 4.98 Å². The summed E-state index contributed by atoms with van der Waals surface area (Å²) in [6.07, 6.45) is 5.59. The van der Waals surface area contributed by atoms with Gasteiger partial charge in [0.05, 0.1) is 5.02 Å². The van der Waals surface area contributed by atoms with Gasteiger partial charge in [-0.2, -0.15) is 0 Å². The van der Waals surface area contributed by atoms with Gasteiger partial charge in [0, 0.05) is 25.8 Å². The first-order chi connectivity index (χ1) is 8.24. The summed E-state index contributed by atoms with van der Waals surface area (Å²) in [5, 5.41) is 0.725. The molecule has 3 nitrogen and oxygen atoms in total. The molecule has 0 aliphatic carbocycles. The average molecular weight is 254 g/mol. The third-order valence-corrected chi connectivity index (χ3v) is 3.88. The number of nitrogens with two attached hydrogens (primary N) is 1. The van der Waals surface area contributed by atoms with Gasteiger partial charge in [0.2, 0.25) is 0 Å². The molecule has 1 fully saturated rings. The van der Waals surface area contributed by atoms with Gasteiger partial charge in [-0.1, -0.05) is 24.9 Å². The predicted molar refractivity (Wildman–Crippen MR) is 72.4 cm³/mol. The molecule has 0 bridgehead atoms. The molecule has 4 heteroatoms. The lowest BCUT2D eigenvalue weighted by molar-refractivity contribution is 0.394. The van der Waals surface area contributed by atoms with Crippen molar-refractivity contribution >= 4 is 17.4 Å². The Morgan fingerprint density at radius 1 is 1.47 bits per heavy atom. The number of halogens is 1. The fourth-order valence-corrected chi connectivity index (χ4v) is 2.68. The fourth-order valence-electron chi connectivity index (χ4n) is 2.37. The second-order valence-electron chi connectivity index (χ2n) is 4.69. The summed E-state index contributed by atoms with van der Waals surface area (Å²) < 4.78 is 0. The number of pyridine rings is 1. The summed E-state index contributed by atoms with van der Waals surface area (Å²) in [4.78, 5) is 6.72. The molecular formula is C13H20ClN3. The van der Waals surface area contributed by atoms with Crippen molar-refractivity contribution in [2.75, 3.05) is 18.0 Å². The van der Waals surface area contributed by atoms with Gasteiger partial charge in [-0.3, -0.25) is 0 Å². The van der Waals surface area contributed by atoms with Gasteiger partial charge in [-0.25, -0.2) is 4.98 Å². The van der Waals surface area contributed by atoms with E-state index in [1.54, 1.807) is 0 Å². The minimum atomic E-state index is 0.491. The zero-order valence-electron chi connectivity index (χ0n) is 10.3. The van der Waals surface area contributed by atoms with Gasteiger partial charge in [0.15, 0.2) is 0 Å². The van der Waals surface area contributed by atoms with Crippen LogP contribution in [-0.2, 0) is 6.54 Å². The van der Waals surface area contributed by atoms with Crippen LogP contribution in [0.15, 0.2) is 12.3 Å². The van der Waals surface area contributed by atoms with Crippen molar-refractivity contribution in [3.05, 3.63) is 22.8 Å². The Kier molecular flexibility index (Phi) is 4.24. The molecule has 0 saturated carbocycles. The third-order valence-electron chi connectivity index (χ3n) is 3.61. The van der Waals surface area contributed by atoms with Crippen LogP contribution in [0.25, 0.3) is 0 Å². The van der Waals surface area contributed by atoms with Gasteiger partial charge in [-0.05, 0) is 30.4 Å². The minimum absolute atomic E-state index is 0.491. The zero-order valence-corrected chi connectivity index (χ0v) is 11.1. The highest BCUT2D eigenvalue weighted by molar-refractivity contribution is 6.33. The first kappa shape index (κ1) is 12.7. The number of aromatic nitrogens is 1. The van der Waals surface area contributed by atoms with Crippen LogP contribution in [-0.4, -0.2) is 18.1 Å². The Labute approximate surface area is 108 Å². The largest absolute Gasteiger partial charge is 0.355 e. The second-order valence-corrected chi connectivity index (χ2v) is 5.10. The molecule has 1 aromatic rings.